The predicted octanol–water partition coefficient (Wildman–Crippen LogP) is 1.42. The highest BCUT2D eigenvalue weighted by atomic mass is 16.2. The largest absolute Gasteiger partial charge is 0.339 e. The van der Waals surface area contributed by atoms with E-state index in [2.05, 4.69) is 31.2 Å². The Morgan fingerprint density at radius 1 is 1.41 bits per heavy atom. The zero-order valence-corrected chi connectivity index (χ0v) is 10.3. The van der Waals surface area contributed by atoms with Gasteiger partial charge in [0.15, 0.2) is 0 Å². The lowest BCUT2D eigenvalue weighted by molar-refractivity contribution is -0.130. The Labute approximate surface area is 103 Å². The second-order valence-electron chi connectivity index (χ2n) is 4.77. The van der Waals surface area contributed by atoms with Crippen LogP contribution in [-0.4, -0.2) is 29.9 Å². The third-order valence-corrected chi connectivity index (χ3v) is 3.75. The van der Waals surface area contributed by atoms with Crippen LogP contribution in [-0.2, 0) is 11.2 Å². The lowest BCUT2D eigenvalue weighted by atomic mass is 9.93. The molecule has 0 bridgehead atoms. The van der Waals surface area contributed by atoms with Gasteiger partial charge in [0, 0.05) is 12.6 Å². The van der Waals surface area contributed by atoms with Gasteiger partial charge in [-0.1, -0.05) is 30.3 Å². The van der Waals surface area contributed by atoms with Gasteiger partial charge in [0.2, 0.25) is 5.91 Å². The number of rotatable bonds is 3. The van der Waals surface area contributed by atoms with Crippen molar-refractivity contribution in [2.24, 2.45) is 11.7 Å². The van der Waals surface area contributed by atoms with E-state index >= 15 is 0 Å². The third kappa shape index (κ3) is 2.67. The average molecular weight is 232 g/mol. The van der Waals surface area contributed by atoms with Crippen LogP contribution in [0.2, 0.25) is 0 Å². The van der Waals surface area contributed by atoms with Gasteiger partial charge in [-0.15, -0.1) is 0 Å². The molecule has 1 aromatic carbocycles. The molecule has 1 amide bonds. The van der Waals surface area contributed by atoms with Gasteiger partial charge in [0.1, 0.15) is 0 Å². The molecule has 0 saturated carbocycles. The second kappa shape index (κ2) is 5.32. The first-order valence-electron chi connectivity index (χ1n) is 6.26. The van der Waals surface area contributed by atoms with E-state index in [-0.39, 0.29) is 12.5 Å². The van der Waals surface area contributed by atoms with E-state index < -0.39 is 0 Å². The molecule has 2 atom stereocenters. The molecule has 0 aliphatic carbocycles. The summed E-state index contributed by atoms with van der Waals surface area (Å²) in [6, 6.07) is 10.8. The molecule has 92 valence electrons. The number of hydrogen-bond donors (Lipinski definition) is 1. The van der Waals surface area contributed by atoms with Crippen molar-refractivity contribution in [1.82, 2.24) is 4.90 Å². The molecule has 0 radical (unpaired) electrons. The summed E-state index contributed by atoms with van der Waals surface area (Å²) in [4.78, 5) is 13.5. The maximum Gasteiger partial charge on any atom is 0.236 e. The molecular formula is C14H20N2O. The number of nitrogens with zero attached hydrogens (tertiary/aromatic N) is 1. The maximum absolute atomic E-state index is 11.6. The highest BCUT2D eigenvalue weighted by Gasteiger charge is 2.32. The molecule has 0 unspecified atom stereocenters. The molecule has 2 rings (SSSR count). The molecule has 1 heterocycles. The summed E-state index contributed by atoms with van der Waals surface area (Å²) in [5.74, 6) is 0.640. The van der Waals surface area contributed by atoms with Gasteiger partial charge in [-0.3, -0.25) is 4.79 Å². The lowest BCUT2D eigenvalue weighted by Crippen LogP contribution is -2.39. The molecule has 0 aromatic heterocycles. The molecule has 17 heavy (non-hydrogen) atoms. The minimum absolute atomic E-state index is 0.0769. The molecule has 0 spiro atoms. The fourth-order valence-electron chi connectivity index (χ4n) is 2.66. The van der Waals surface area contributed by atoms with Gasteiger partial charge < -0.3 is 10.6 Å². The van der Waals surface area contributed by atoms with E-state index in [1.807, 2.05) is 11.0 Å². The molecule has 1 aromatic rings. The molecule has 3 heteroatoms. The van der Waals surface area contributed by atoms with Gasteiger partial charge >= 0.3 is 0 Å². The van der Waals surface area contributed by atoms with Crippen LogP contribution in [0.1, 0.15) is 18.9 Å². The van der Waals surface area contributed by atoms with E-state index in [1.165, 1.54) is 5.56 Å². The number of likely N-dealkylation sites (tertiary alicyclic amines) is 1. The Kier molecular flexibility index (Phi) is 3.79. The van der Waals surface area contributed by atoms with E-state index in [1.54, 1.807) is 0 Å². The minimum atomic E-state index is 0.0769. The summed E-state index contributed by atoms with van der Waals surface area (Å²) in [7, 11) is 0. The zero-order chi connectivity index (χ0) is 12.3. The van der Waals surface area contributed by atoms with Crippen LogP contribution in [0.25, 0.3) is 0 Å². The van der Waals surface area contributed by atoms with Crippen LogP contribution < -0.4 is 5.73 Å². The summed E-state index contributed by atoms with van der Waals surface area (Å²) < 4.78 is 0. The molecular weight excluding hydrogens is 212 g/mol. The quantitative estimate of drug-likeness (QED) is 0.857. The second-order valence-corrected chi connectivity index (χ2v) is 4.77. The van der Waals surface area contributed by atoms with Crippen molar-refractivity contribution in [2.75, 3.05) is 13.1 Å². The van der Waals surface area contributed by atoms with Crippen molar-refractivity contribution in [2.45, 2.75) is 25.8 Å². The van der Waals surface area contributed by atoms with Crippen molar-refractivity contribution < 1.29 is 4.79 Å². The number of amides is 1. The van der Waals surface area contributed by atoms with E-state index in [0.717, 1.165) is 19.4 Å². The molecule has 3 nitrogen and oxygen atoms in total. The zero-order valence-electron chi connectivity index (χ0n) is 10.3. The normalized spacial score (nSPS) is 24.0. The van der Waals surface area contributed by atoms with Crippen LogP contribution >= 0.6 is 0 Å². The van der Waals surface area contributed by atoms with Crippen LogP contribution in [0.3, 0.4) is 0 Å². The van der Waals surface area contributed by atoms with Gasteiger partial charge in [0.05, 0.1) is 6.54 Å². The number of nitrogens with two attached hydrogens (primary N) is 1. The van der Waals surface area contributed by atoms with Crippen LogP contribution in [0.5, 0.6) is 0 Å². The van der Waals surface area contributed by atoms with Gasteiger partial charge in [-0.2, -0.15) is 0 Å². The van der Waals surface area contributed by atoms with Gasteiger partial charge in [-0.05, 0) is 31.2 Å². The number of carbonyl (C=O) groups excluding carboxylic acids is 1. The Bertz CT molecular complexity index is 377. The molecule has 1 fully saturated rings. The third-order valence-electron chi connectivity index (χ3n) is 3.75. The first kappa shape index (κ1) is 12.1. The average Bonchev–Trinajstić information content (AvgIpc) is 2.72. The maximum atomic E-state index is 11.6. The standard InChI is InChI=1S/C14H20N2O/c1-11-13(7-8-16(11)14(17)10-15)9-12-5-3-2-4-6-12/h2-6,11,13H,7-10,15H2,1H3/t11-,13-/m1/s1. The van der Waals surface area contributed by atoms with Crippen molar-refractivity contribution >= 4 is 5.91 Å². The Balaban J connectivity index is 1.98. The minimum Gasteiger partial charge on any atom is -0.339 e. The van der Waals surface area contributed by atoms with Crippen molar-refractivity contribution in [3.05, 3.63) is 35.9 Å². The Morgan fingerprint density at radius 2 is 2.12 bits per heavy atom. The van der Waals surface area contributed by atoms with Crippen molar-refractivity contribution in [3.63, 3.8) is 0 Å². The smallest absolute Gasteiger partial charge is 0.236 e. The number of hydrogen-bond acceptors (Lipinski definition) is 2. The summed E-state index contributed by atoms with van der Waals surface area (Å²) in [6.07, 6.45) is 2.14. The van der Waals surface area contributed by atoms with Crippen LogP contribution in [0.4, 0.5) is 0 Å². The highest BCUT2D eigenvalue weighted by molar-refractivity contribution is 5.78. The Morgan fingerprint density at radius 3 is 2.76 bits per heavy atom. The van der Waals surface area contributed by atoms with Crippen LogP contribution in [0, 0.1) is 5.92 Å². The first-order chi connectivity index (χ1) is 8.22. The topological polar surface area (TPSA) is 46.3 Å². The number of benzene rings is 1. The van der Waals surface area contributed by atoms with E-state index in [9.17, 15) is 4.79 Å². The monoisotopic (exact) mass is 232 g/mol. The van der Waals surface area contributed by atoms with E-state index in [4.69, 9.17) is 5.73 Å². The fraction of sp³-hybridized carbons (Fsp3) is 0.500. The molecule has 1 aliphatic heterocycles. The predicted molar refractivity (Wildman–Crippen MR) is 68.5 cm³/mol. The highest BCUT2D eigenvalue weighted by Crippen LogP contribution is 2.27. The molecule has 2 N–H and O–H groups in total. The summed E-state index contributed by atoms with van der Waals surface area (Å²) >= 11 is 0. The summed E-state index contributed by atoms with van der Waals surface area (Å²) in [5.41, 5.74) is 6.77. The SMILES string of the molecule is C[C@@H]1[C@@H](Cc2ccccc2)CCN1C(=O)CN. The first-order valence-corrected chi connectivity index (χ1v) is 6.26. The molecule has 1 aliphatic rings. The lowest BCUT2D eigenvalue weighted by Gasteiger charge is -2.24. The van der Waals surface area contributed by atoms with Crippen LogP contribution in [0.15, 0.2) is 30.3 Å². The van der Waals surface area contributed by atoms with E-state index in [0.29, 0.717) is 12.0 Å². The fourth-order valence-corrected chi connectivity index (χ4v) is 2.66. The van der Waals surface area contributed by atoms with Gasteiger partial charge in [-0.25, -0.2) is 0 Å². The van der Waals surface area contributed by atoms with Gasteiger partial charge in [0.25, 0.3) is 0 Å². The van der Waals surface area contributed by atoms with Crippen molar-refractivity contribution in [1.29, 1.82) is 0 Å². The summed E-state index contributed by atoms with van der Waals surface area (Å²) in [5, 5.41) is 0. The molecule has 1 saturated heterocycles. The van der Waals surface area contributed by atoms with Crippen molar-refractivity contribution in [3.8, 4) is 0 Å². The summed E-state index contributed by atoms with van der Waals surface area (Å²) in [6.45, 7) is 3.12. The Hall–Kier alpha value is -1.35. The number of carbonyl (C=O) groups is 1.